The van der Waals surface area contributed by atoms with E-state index in [9.17, 15) is 29.1 Å². The number of aryl methyl sites for hydroxylation is 1. The van der Waals surface area contributed by atoms with Crippen molar-refractivity contribution in [2.24, 2.45) is 11.8 Å². The highest BCUT2D eigenvalue weighted by Gasteiger charge is 2.39. The van der Waals surface area contributed by atoms with E-state index in [1.165, 1.54) is 17.1 Å². The van der Waals surface area contributed by atoms with Gasteiger partial charge in [-0.1, -0.05) is 61.4 Å². The summed E-state index contributed by atoms with van der Waals surface area (Å²) in [5.41, 5.74) is 2.24. The van der Waals surface area contributed by atoms with Gasteiger partial charge in [-0.2, -0.15) is 0 Å². The van der Waals surface area contributed by atoms with Crippen molar-refractivity contribution in [3.05, 3.63) is 83.6 Å². The van der Waals surface area contributed by atoms with Crippen LogP contribution in [0.3, 0.4) is 0 Å². The fraction of sp³-hybridized carbons (Fsp3) is 0.444. The number of Topliss-reactive ketones (excluding diaryl/α,β-unsaturated/α-hetero) is 1. The number of nitrogens with one attached hydrogen (secondary N) is 2. The molecule has 0 radical (unpaired) electrons. The summed E-state index contributed by atoms with van der Waals surface area (Å²) in [6.07, 6.45) is 7.00. The van der Waals surface area contributed by atoms with Crippen LogP contribution in [0.1, 0.15) is 62.0 Å². The van der Waals surface area contributed by atoms with E-state index in [1.54, 1.807) is 51.1 Å². The first kappa shape index (κ1) is 36.8. The molecule has 2 aliphatic rings. The van der Waals surface area contributed by atoms with Gasteiger partial charge in [0, 0.05) is 37.0 Å². The number of hydrogen-bond acceptors (Lipinski definition) is 10. The molecular formula is C36H44N4O9. The Kier molecular flexibility index (Phi) is 13.1. The normalized spacial score (nSPS) is 24.3. The minimum atomic E-state index is -1.05. The lowest BCUT2D eigenvalue weighted by atomic mass is 9.93. The second-order valence-corrected chi connectivity index (χ2v) is 12.5. The molecule has 5 atom stereocenters. The molecule has 1 aromatic heterocycles. The van der Waals surface area contributed by atoms with Crippen LogP contribution in [0.15, 0.2) is 70.9 Å². The Hall–Kier alpha value is -5.04. The summed E-state index contributed by atoms with van der Waals surface area (Å²) < 4.78 is 16.9. The molecule has 262 valence electrons. The van der Waals surface area contributed by atoms with Crippen LogP contribution >= 0.6 is 0 Å². The monoisotopic (exact) mass is 676 g/mol. The van der Waals surface area contributed by atoms with E-state index in [0.29, 0.717) is 24.1 Å². The molecule has 2 aliphatic heterocycles. The predicted octanol–water partition coefficient (Wildman–Crippen LogP) is 4.07. The van der Waals surface area contributed by atoms with Gasteiger partial charge in [0.05, 0.1) is 19.1 Å². The number of oxazole rings is 1. The number of hydrogen-bond donors (Lipinski definition) is 3. The number of cyclic esters (lactones) is 1. The number of esters is 1. The van der Waals surface area contributed by atoms with Gasteiger partial charge in [0.1, 0.15) is 24.2 Å². The lowest BCUT2D eigenvalue weighted by Crippen LogP contribution is -2.44. The minimum Gasteiger partial charge on any atom is -0.460 e. The third-order valence-electron chi connectivity index (χ3n) is 8.23. The largest absolute Gasteiger partial charge is 0.460 e. The zero-order valence-corrected chi connectivity index (χ0v) is 28.2. The van der Waals surface area contributed by atoms with Crippen LogP contribution in [0.4, 0.5) is 10.5 Å². The van der Waals surface area contributed by atoms with Crippen molar-refractivity contribution < 1.29 is 43.0 Å². The maximum atomic E-state index is 13.7. The van der Waals surface area contributed by atoms with Gasteiger partial charge in [-0.15, -0.1) is 0 Å². The maximum absolute atomic E-state index is 13.7. The van der Waals surface area contributed by atoms with Gasteiger partial charge in [-0.3, -0.25) is 19.7 Å². The van der Waals surface area contributed by atoms with Gasteiger partial charge in [0.25, 0.3) is 5.91 Å². The molecule has 3 heterocycles. The molecule has 0 unspecified atom stereocenters. The Morgan fingerprint density at radius 1 is 1.16 bits per heavy atom. The first-order valence-electron chi connectivity index (χ1n) is 16.4. The number of aliphatic hydroxyl groups excluding tert-OH is 1. The quantitative estimate of drug-likeness (QED) is 0.400. The van der Waals surface area contributed by atoms with Crippen molar-refractivity contribution in [2.75, 3.05) is 25.0 Å². The second kappa shape index (κ2) is 17.4. The number of aromatic nitrogens is 1. The van der Waals surface area contributed by atoms with Crippen LogP contribution in [0, 0.1) is 18.8 Å². The molecular weight excluding hydrogens is 632 g/mol. The van der Waals surface area contributed by atoms with Gasteiger partial charge >= 0.3 is 12.1 Å². The zero-order chi connectivity index (χ0) is 35.5. The fourth-order valence-corrected chi connectivity index (χ4v) is 5.64. The Morgan fingerprint density at radius 2 is 1.92 bits per heavy atom. The van der Waals surface area contributed by atoms with Gasteiger partial charge in [0.15, 0.2) is 5.69 Å². The summed E-state index contributed by atoms with van der Waals surface area (Å²) >= 11 is 0. The number of allylic oxidation sites excluding steroid dienone is 2. The standard InChI is InChI=1S/C36H44N4O9/c1-22-9-12-26(13-10-22)38-36(46)48-20-25(4)33-24(3)11-14-31(43)37-15-5-7-23(2)17-27(41)18-28(42)19-32-39-29(21-47-32)34(44)40-16-6-8-30(40)35(45)49-33/h5,7,9-14,17,21,24-25,27,30,33,41H,6,8,15-16,18-20H2,1-4H3,(H,37,43)(H,38,46)/b7-5?,14-11+,23-17?/t24-,25+,27-,30-,33+/m1/s1. The van der Waals surface area contributed by atoms with Crippen LogP contribution in [-0.2, 0) is 30.3 Å². The Morgan fingerprint density at radius 3 is 2.67 bits per heavy atom. The number of amides is 3. The average Bonchev–Trinajstić information content (AvgIpc) is 3.74. The molecule has 3 amide bonds. The van der Waals surface area contributed by atoms with Gasteiger partial charge in [0.2, 0.25) is 11.8 Å². The highest BCUT2D eigenvalue weighted by Crippen LogP contribution is 2.26. The molecule has 0 spiro atoms. The van der Waals surface area contributed by atoms with E-state index < -0.39 is 48.1 Å². The predicted molar refractivity (Wildman–Crippen MR) is 179 cm³/mol. The number of carbonyl (C=O) groups is 5. The molecule has 4 rings (SSSR count). The number of aliphatic hydroxyl groups is 1. The molecule has 0 saturated carbocycles. The number of carbonyl (C=O) groups excluding carboxylic acids is 5. The smallest absolute Gasteiger partial charge is 0.411 e. The highest BCUT2D eigenvalue weighted by atomic mass is 16.6. The van der Waals surface area contributed by atoms with Crippen LogP contribution in [0.2, 0.25) is 0 Å². The molecule has 1 fully saturated rings. The Balaban J connectivity index is 1.54. The van der Waals surface area contributed by atoms with E-state index in [1.807, 2.05) is 19.1 Å². The van der Waals surface area contributed by atoms with Crippen LogP contribution in [0.5, 0.6) is 0 Å². The minimum absolute atomic E-state index is 0.0227. The van der Waals surface area contributed by atoms with Crippen molar-refractivity contribution in [1.29, 1.82) is 0 Å². The summed E-state index contributed by atoms with van der Waals surface area (Å²) in [6.45, 7) is 7.62. The van der Waals surface area contributed by atoms with Gasteiger partial charge in [-0.05, 0) is 44.9 Å². The number of ether oxygens (including phenoxy) is 2. The summed E-state index contributed by atoms with van der Waals surface area (Å²) in [6, 6.07) is 6.31. The molecule has 1 aromatic carbocycles. The van der Waals surface area contributed by atoms with Crippen LogP contribution in [-0.4, -0.2) is 82.6 Å². The van der Waals surface area contributed by atoms with Crippen molar-refractivity contribution in [3.63, 3.8) is 0 Å². The number of anilines is 1. The molecule has 3 N–H and O–H groups in total. The first-order valence-corrected chi connectivity index (χ1v) is 16.4. The summed E-state index contributed by atoms with van der Waals surface area (Å²) in [7, 11) is 0. The summed E-state index contributed by atoms with van der Waals surface area (Å²) in [5, 5.41) is 15.8. The van der Waals surface area contributed by atoms with Gasteiger partial charge < -0.3 is 29.2 Å². The van der Waals surface area contributed by atoms with Crippen molar-refractivity contribution >= 4 is 35.3 Å². The van der Waals surface area contributed by atoms with Crippen molar-refractivity contribution in [3.8, 4) is 0 Å². The average molecular weight is 677 g/mol. The number of rotatable bonds is 4. The number of nitrogens with zero attached hydrogens (tertiary/aromatic N) is 2. The van der Waals surface area contributed by atoms with E-state index in [-0.39, 0.29) is 55.8 Å². The van der Waals surface area contributed by atoms with Crippen LogP contribution < -0.4 is 10.6 Å². The summed E-state index contributed by atoms with van der Waals surface area (Å²) in [4.78, 5) is 70.4. The third kappa shape index (κ3) is 11.0. The molecule has 13 nitrogen and oxygen atoms in total. The van der Waals surface area contributed by atoms with Crippen molar-refractivity contribution in [2.45, 2.75) is 71.6 Å². The molecule has 2 bridgehead atoms. The van der Waals surface area contributed by atoms with E-state index in [0.717, 1.165) is 11.8 Å². The SMILES string of the molecule is CC1=C[C@@H](O)CC(=O)Cc2nc(co2)C(=O)N2CCC[C@@H]2C(=O)O[C@H]([C@@H](C)COC(=O)Nc2ccc(C)cc2)[C@H](C)/C=C/C(=O)NCC=C1. The Bertz CT molecular complexity index is 1590. The molecule has 13 heteroatoms. The molecule has 1 saturated heterocycles. The number of fused-ring (bicyclic) bond motifs is 3. The fourth-order valence-electron chi connectivity index (χ4n) is 5.64. The number of ketones is 1. The molecule has 0 aliphatic carbocycles. The lowest BCUT2D eigenvalue weighted by Gasteiger charge is -2.30. The molecule has 49 heavy (non-hydrogen) atoms. The number of benzene rings is 1. The van der Waals surface area contributed by atoms with Crippen LogP contribution in [0.25, 0.3) is 0 Å². The second-order valence-electron chi connectivity index (χ2n) is 12.5. The molecule has 2 aromatic rings. The van der Waals surface area contributed by atoms with Gasteiger partial charge in [-0.25, -0.2) is 14.6 Å². The zero-order valence-electron chi connectivity index (χ0n) is 28.2. The Labute approximate surface area is 285 Å². The van der Waals surface area contributed by atoms with E-state index in [2.05, 4.69) is 15.6 Å². The maximum Gasteiger partial charge on any atom is 0.411 e. The lowest BCUT2D eigenvalue weighted by molar-refractivity contribution is -0.159. The topological polar surface area (TPSA) is 177 Å². The van der Waals surface area contributed by atoms with Crippen molar-refractivity contribution in [1.82, 2.24) is 15.2 Å². The van der Waals surface area contributed by atoms with E-state index >= 15 is 0 Å². The first-order chi connectivity index (χ1) is 23.4. The third-order valence-corrected chi connectivity index (χ3v) is 8.23. The highest BCUT2D eigenvalue weighted by molar-refractivity contribution is 5.95. The van der Waals surface area contributed by atoms with E-state index in [4.69, 9.17) is 13.9 Å². The summed E-state index contributed by atoms with van der Waals surface area (Å²) in [5.74, 6) is -2.88.